The number of nitrogens with zero attached hydrogens (tertiary/aromatic N) is 3. The maximum Gasteiger partial charge on any atom is 0.433 e. The first-order chi connectivity index (χ1) is 9.79. The van der Waals surface area contributed by atoms with Gasteiger partial charge in [-0.15, -0.1) is 0 Å². The molecule has 2 aromatic heterocycles. The molecule has 2 rings (SSSR count). The second-order valence-electron chi connectivity index (χ2n) is 4.10. The van der Waals surface area contributed by atoms with Gasteiger partial charge in [0.25, 0.3) is 0 Å². The second kappa shape index (κ2) is 5.76. The van der Waals surface area contributed by atoms with E-state index in [1.165, 1.54) is 12.3 Å². The van der Waals surface area contributed by atoms with Crippen LogP contribution in [0.15, 0.2) is 29.7 Å². The van der Waals surface area contributed by atoms with Crippen LogP contribution in [0.3, 0.4) is 0 Å². The predicted octanol–water partition coefficient (Wildman–Crippen LogP) is 2.77. The van der Waals surface area contributed by atoms with Crippen molar-refractivity contribution in [1.82, 2.24) is 14.5 Å². The largest absolute Gasteiger partial charge is 0.481 e. The minimum Gasteiger partial charge on any atom is -0.481 e. The molecule has 0 bridgehead atoms. The molecule has 0 unspecified atom stereocenters. The zero-order chi connectivity index (χ0) is 15.6. The molecule has 0 amide bonds. The van der Waals surface area contributed by atoms with Crippen LogP contribution in [-0.4, -0.2) is 31.4 Å². The number of aryl methyl sites for hydroxylation is 1. The molecule has 1 N–H and O–H groups in total. The topological polar surface area (TPSA) is 68.0 Å². The minimum absolute atomic E-state index is 0.190. The highest BCUT2D eigenvalue weighted by Gasteiger charge is 2.32. The fourth-order valence-electron chi connectivity index (χ4n) is 1.64. The van der Waals surface area contributed by atoms with E-state index in [-0.39, 0.29) is 5.75 Å². The van der Waals surface area contributed by atoms with Crippen molar-refractivity contribution >= 4 is 17.7 Å². The smallest absolute Gasteiger partial charge is 0.433 e. The first-order valence-electron chi connectivity index (χ1n) is 5.71. The van der Waals surface area contributed by atoms with Gasteiger partial charge < -0.3 is 5.11 Å². The average Bonchev–Trinajstić information content (AvgIpc) is 2.76. The Morgan fingerprint density at radius 1 is 1.33 bits per heavy atom. The first-order valence-corrected chi connectivity index (χ1v) is 6.70. The number of hydrogen-bond donors (Lipinski definition) is 1. The third-order valence-electron chi connectivity index (χ3n) is 2.53. The number of halogens is 3. The number of pyridine rings is 1. The van der Waals surface area contributed by atoms with Gasteiger partial charge in [0.2, 0.25) is 0 Å². The lowest BCUT2D eigenvalue weighted by Crippen LogP contribution is -2.09. The van der Waals surface area contributed by atoms with E-state index in [0.717, 1.165) is 24.0 Å². The van der Waals surface area contributed by atoms with Crippen LogP contribution in [0.4, 0.5) is 13.2 Å². The molecular formula is C12H10F3N3O2S. The van der Waals surface area contributed by atoms with Gasteiger partial charge in [-0.25, -0.2) is 9.97 Å². The maximum absolute atomic E-state index is 12.5. The van der Waals surface area contributed by atoms with Crippen molar-refractivity contribution in [1.29, 1.82) is 0 Å². The van der Waals surface area contributed by atoms with Gasteiger partial charge in [-0.2, -0.15) is 13.2 Å². The SMILES string of the molecule is Cc1cnc(SCC(=O)O)n1-c1ccc(C(F)(F)F)nc1. The summed E-state index contributed by atoms with van der Waals surface area (Å²) in [5.41, 5.74) is 0.0825. The van der Waals surface area contributed by atoms with Gasteiger partial charge in [0.15, 0.2) is 5.16 Å². The highest BCUT2D eigenvalue weighted by atomic mass is 32.2. The Morgan fingerprint density at radius 3 is 2.57 bits per heavy atom. The minimum atomic E-state index is -4.50. The molecule has 0 fully saturated rings. The van der Waals surface area contributed by atoms with Crippen LogP contribution in [0.1, 0.15) is 11.4 Å². The predicted molar refractivity (Wildman–Crippen MR) is 69.5 cm³/mol. The van der Waals surface area contributed by atoms with E-state index >= 15 is 0 Å². The van der Waals surface area contributed by atoms with Crippen LogP contribution < -0.4 is 0 Å². The standard InChI is InChI=1S/C12H10F3N3O2S/c1-7-4-17-11(21-6-10(19)20)18(7)8-2-3-9(16-5-8)12(13,14)15/h2-5H,6H2,1H3,(H,19,20). The lowest BCUT2D eigenvalue weighted by atomic mass is 10.3. The Labute approximate surface area is 121 Å². The summed E-state index contributed by atoms with van der Waals surface area (Å²) in [5, 5.41) is 9.06. The van der Waals surface area contributed by atoms with Crippen molar-refractivity contribution in [2.24, 2.45) is 0 Å². The molecule has 0 radical (unpaired) electrons. The van der Waals surface area contributed by atoms with Crippen LogP contribution >= 0.6 is 11.8 Å². The lowest BCUT2D eigenvalue weighted by Gasteiger charge is -2.10. The lowest BCUT2D eigenvalue weighted by molar-refractivity contribution is -0.141. The quantitative estimate of drug-likeness (QED) is 0.878. The molecule has 0 aliphatic carbocycles. The normalized spacial score (nSPS) is 11.6. The Balaban J connectivity index is 2.33. The Morgan fingerprint density at radius 2 is 2.05 bits per heavy atom. The molecule has 0 saturated carbocycles. The van der Waals surface area contributed by atoms with Gasteiger partial charge in [-0.3, -0.25) is 9.36 Å². The molecule has 5 nitrogen and oxygen atoms in total. The Hall–Kier alpha value is -2.03. The van der Waals surface area contributed by atoms with Crippen molar-refractivity contribution in [3.8, 4) is 5.69 Å². The van der Waals surface area contributed by atoms with Crippen molar-refractivity contribution < 1.29 is 23.1 Å². The number of carbonyl (C=O) groups is 1. The molecule has 9 heteroatoms. The summed E-state index contributed by atoms with van der Waals surface area (Å²) in [4.78, 5) is 18.0. The number of hydrogen-bond acceptors (Lipinski definition) is 4. The number of aliphatic carboxylic acids is 1. The fourth-order valence-corrected chi connectivity index (χ4v) is 2.40. The highest BCUT2D eigenvalue weighted by Crippen LogP contribution is 2.29. The van der Waals surface area contributed by atoms with Gasteiger partial charge in [-0.05, 0) is 19.1 Å². The van der Waals surface area contributed by atoms with E-state index in [9.17, 15) is 18.0 Å². The third-order valence-corrected chi connectivity index (χ3v) is 3.46. The number of imidazole rings is 1. The van der Waals surface area contributed by atoms with Crippen molar-refractivity contribution in [2.45, 2.75) is 18.3 Å². The van der Waals surface area contributed by atoms with E-state index in [1.54, 1.807) is 11.5 Å². The molecule has 0 aliphatic heterocycles. The van der Waals surface area contributed by atoms with Crippen LogP contribution in [-0.2, 0) is 11.0 Å². The average molecular weight is 317 g/mol. The maximum atomic E-state index is 12.5. The summed E-state index contributed by atoms with van der Waals surface area (Å²) in [6, 6.07) is 2.15. The highest BCUT2D eigenvalue weighted by molar-refractivity contribution is 7.99. The molecule has 2 heterocycles. The second-order valence-corrected chi connectivity index (χ2v) is 5.04. The summed E-state index contributed by atoms with van der Waals surface area (Å²) in [5.74, 6) is -1.19. The Bertz CT molecular complexity index is 653. The van der Waals surface area contributed by atoms with Gasteiger partial charge in [0, 0.05) is 11.9 Å². The Kier molecular flexibility index (Phi) is 4.21. The third kappa shape index (κ3) is 3.54. The zero-order valence-corrected chi connectivity index (χ0v) is 11.6. The van der Waals surface area contributed by atoms with Crippen LogP contribution in [0.25, 0.3) is 5.69 Å². The molecule has 0 saturated heterocycles. The van der Waals surface area contributed by atoms with Crippen LogP contribution in [0, 0.1) is 6.92 Å². The van der Waals surface area contributed by atoms with Gasteiger partial charge >= 0.3 is 12.1 Å². The van der Waals surface area contributed by atoms with E-state index < -0.39 is 17.8 Å². The molecular weight excluding hydrogens is 307 g/mol. The van der Waals surface area contributed by atoms with Crippen molar-refractivity contribution in [3.63, 3.8) is 0 Å². The monoisotopic (exact) mass is 317 g/mol. The number of rotatable bonds is 4. The number of alkyl halides is 3. The molecule has 0 atom stereocenters. The van der Waals surface area contributed by atoms with Crippen LogP contribution in [0.2, 0.25) is 0 Å². The summed E-state index contributed by atoms with van der Waals surface area (Å²) in [6.45, 7) is 1.72. The summed E-state index contributed by atoms with van der Waals surface area (Å²) in [6.07, 6.45) is -1.90. The van der Waals surface area contributed by atoms with E-state index in [0.29, 0.717) is 16.5 Å². The van der Waals surface area contributed by atoms with Gasteiger partial charge in [-0.1, -0.05) is 11.8 Å². The van der Waals surface area contributed by atoms with Crippen molar-refractivity contribution in [3.05, 3.63) is 35.9 Å². The van der Waals surface area contributed by atoms with Crippen molar-refractivity contribution in [2.75, 3.05) is 5.75 Å². The number of carboxylic acids is 1. The van der Waals surface area contributed by atoms with E-state index in [4.69, 9.17) is 5.11 Å². The summed E-state index contributed by atoms with van der Waals surface area (Å²) in [7, 11) is 0. The number of aromatic nitrogens is 3. The molecule has 112 valence electrons. The zero-order valence-electron chi connectivity index (χ0n) is 10.8. The molecule has 0 aliphatic rings. The molecule has 0 spiro atoms. The number of thioether (sulfide) groups is 1. The van der Waals surface area contributed by atoms with Gasteiger partial charge in [0.05, 0.1) is 17.6 Å². The van der Waals surface area contributed by atoms with E-state index in [1.807, 2.05) is 0 Å². The number of carboxylic acid groups (broad SMARTS) is 1. The van der Waals surface area contributed by atoms with Gasteiger partial charge in [0.1, 0.15) is 5.69 Å². The molecule has 21 heavy (non-hydrogen) atoms. The first kappa shape index (κ1) is 15.4. The molecule has 2 aromatic rings. The summed E-state index contributed by atoms with van der Waals surface area (Å²) >= 11 is 0.983. The van der Waals surface area contributed by atoms with Crippen LogP contribution in [0.5, 0.6) is 0 Å². The molecule has 0 aromatic carbocycles. The fraction of sp³-hybridized carbons (Fsp3) is 0.250. The summed E-state index contributed by atoms with van der Waals surface area (Å²) < 4.78 is 39.0. The van der Waals surface area contributed by atoms with E-state index in [2.05, 4.69) is 9.97 Å².